The predicted octanol–water partition coefficient (Wildman–Crippen LogP) is 1.58. The molecule has 0 saturated carbocycles. The fourth-order valence-electron chi connectivity index (χ4n) is 0.691. The second-order valence-electron chi connectivity index (χ2n) is 2.35. The van der Waals surface area contributed by atoms with Crippen LogP contribution in [0, 0.1) is 0 Å². The van der Waals surface area contributed by atoms with E-state index in [9.17, 15) is 23.1 Å². The summed E-state index contributed by atoms with van der Waals surface area (Å²) in [4.78, 5) is 10.5. The fourth-order valence-corrected chi connectivity index (χ4v) is 1.33. The average molecular weight is 221 g/mol. The second kappa shape index (κ2) is 3.83. The lowest BCUT2D eigenvalue weighted by Crippen LogP contribution is -2.21. The minimum absolute atomic E-state index is 0.0613. The Balaban J connectivity index is 2.85. The number of allylic oxidation sites excluding steroid dienone is 1. The van der Waals surface area contributed by atoms with Crippen molar-refractivity contribution >= 4 is 22.9 Å². The van der Waals surface area contributed by atoms with Crippen LogP contribution in [0.2, 0.25) is 0 Å². The number of carbonyl (C=O) groups is 1. The molecule has 6 heteroatoms. The lowest BCUT2D eigenvalue weighted by Gasteiger charge is -2.09. The van der Waals surface area contributed by atoms with Gasteiger partial charge in [-0.3, -0.25) is 4.79 Å². The van der Waals surface area contributed by atoms with E-state index in [0.29, 0.717) is 0 Å². The van der Waals surface area contributed by atoms with Crippen LogP contribution in [0.1, 0.15) is 4.88 Å². The molecular formula is C8H4F3O2S-. The summed E-state index contributed by atoms with van der Waals surface area (Å²) in [6.07, 6.45) is -4.92. The molecule has 0 spiro atoms. The zero-order valence-electron chi connectivity index (χ0n) is 6.67. The number of alkyl halides is 3. The van der Waals surface area contributed by atoms with Gasteiger partial charge in [-0.05, 0) is 17.5 Å². The number of thiophene rings is 1. The largest absolute Gasteiger partial charge is 0.871 e. The number of rotatable bonds is 2. The van der Waals surface area contributed by atoms with Crippen molar-refractivity contribution in [1.29, 1.82) is 0 Å². The molecule has 0 saturated heterocycles. The van der Waals surface area contributed by atoms with E-state index >= 15 is 0 Å². The summed E-state index contributed by atoms with van der Waals surface area (Å²) in [5.41, 5.74) is 0. The summed E-state index contributed by atoms with van der Waals surface area (Å²) in [5, 5.41) is 12.5. The van der Waals surface area contributed by atoms with Gasteiger partial charge in [0.15, 0.2) is 0 Å². The summed E-state index contributed by atoms with van der Waals surface area (Å²) < 4.78 is 35.2. The number of carbonyl (C=O) groups excluding carboxylic acids is 1. The van der Waals surface area contributed by atoms with Gasteiger partial charge in [0.2, 0.25) is 0 Å². The van der Waals surface area contributed by atoms with Gasteiger partial charge in [-0.1, -0.05) is 11.8 Å². The summed E-state index contributed by atoms with van der Waals surface area (Å²) in [7, 11) is 0. The van der Waals surface area contributed by atoms with Crippen LogP contribution in [-0.2, 0) is 4.79 Å². The third kappa shape index (κ3) is 2.59. The van der Waals surface area contributed by atoms with E-state index in [1.165, 1.54) is 12.1 Å². The van der Waals surface area contributed by atoms with Crippen LogP contribution in [-0.4, -0.2) is 12.0 Å². The molecule has 1 rings (SSSR count). The van der Waals surface area contributed by atoms with Crippen LogP contribution in [0.25, 0.3) is 5.76 Å². The highest BCUT2D eigenvalue weighted by molar-refractivity contribution is 7.11. The van der Waals surface area contributed by atoms with Crippen molar-refractivity contribution in [1.82, 2.24) is 0 Å². The van der Waals surface area contributed by atoms with E-state index in [-0.39, 0.29) is 11.0 Å². The first kappa shape index (κ1) is 10.8. The van der Waals surface area contributed by atoms with Gasteiger partial charge in [-0.25, -0.2) is 0 Å². The molecule has 1 aromatic rings. The van der Waals surface area contributed by atoms with Gasteiger partial charge in [0, 0.05) is 4.88 Å². The number of ketones is 1. The first-order valence-electron chi connectivity index (χ1n) is 3.45. The zero-order chi connectivity index (χ0) is 10.8. The van der Waals surface area contributed by atoms with Crippen molar-refractivity contribution in [2.24, 2.45) is 0 Å². The second-order valence-corrected chi connectivity index (χ2v) is 3.30. The van der Waals surface area contributed by atoms with Crippen molar-refractivity contribution < 1.29 is 23.1 Å². The Morgan fingerprint density at radius 2 is 2.14 bits per heavy atom. The minimum Gasteiger partial charge on any atom is -0.871 e. The highest BCUT2D eigenvalue weighted by atomic mass is 32.1. The molecule has 0 radical (unpaired) electrons. The maximum absolute atomic E-state index is 11.7. The molecule has 1 aromatic heterocycles. The monoisotopic (exact) mass is 221 g/mol. The van der Waals surface area contributed by atoms with Crippen LogP contribution in [0.15, 0.2) is 23.6 Å². The van der Waals surface area contributed by atoms with E-state index in [0.717, 1.165) is 11.3 Å². The highest BCUT2D eigenvalue weighted by Gasteiger charge is 2.36. The maximum Gasteiger partial charge on any atom is 0.454 e. The number of halogens is 3. The molecule has 0 aromatic carbocycles. The summed E-state index contributed by atoms with van der Waals surface area (Å²) >= 11 is 0.983. The van der Waals surface area contributed by atoms with Crippen LogP contribution in [0.4, 0.5) is 13.2 Å². The zero-order valence-corrected chi connectivity index (χ0v) is 7.48. The standard InChI is InChI=1S/C8H5F3O2S/c9-8(10,11)7(13)4-5(12)6-2-1-3-14-6/h1-4,12H/p-1/b5-4-. The predicted molar refractivity (Wildman–Crippen MR) is 43.4 cm³/mol. The molecule has 0 unspecified atom stereocenters. The van der Waals surface area contributed by atoms with Crippen molar-refractivity contribution in [3.63, 3.8) is 0 Å². The third-order valence-corrected chi connectivity index (χ3v) is 2.19. The molecular weight excluding hydrogens is 217 g/mol. The fraction of sp³-hybridized carbons (Fsp3) is 0.125. The van der Waals surface area contributed by atoms with E-state index in [4.69, 9.17) is 0 Å². The average Bonchev–Trinajstić information content (AvgIpc) is 2.53. The van der Waals surface area contributed by atoms with Gasteiger partial charge in [0.05, 0.1) is 0 Å². The van der Waals surface area contributed by atoms with E-state index < -0.39 is 17.7 Å². The molecule has 0 fully saturated rings. The molecule has 0 atom stereocenters. The first-order valence-corrected chi connectivity index (χ1v) is 4.33. The Morgan fingerprint density at radius 1 is 1.50 bits per heavy atom. The van der Waals surface area contributed by atoms with Gasteiger partial charge in [0.25, 0.3) is 5.78 Å². The van der Waals surface area contributed by atoms with E-state index in [2.05, 4.69) is 0 Å². The Labute approximate surface area is 81.3 Å². The first-order chi connectivity index (χ1) is 6.41. The normalized spacial score (nSPS) is 12.9. The van der Waals surface area contributed by atoms with Crippen molar-refractivity contribution in [3.8, 4) is 0 Å². The van der Waals surface area contributed by atoms with Crippen LogP contribution in [0.3, 0.4) is 0 Å². The molecule has 14 heavy (non-hydrogen) atoms. The van der Waals surface area contributed by atoms with Crippen molar-refractivity contribution in [2.75, 3.05) is 0 Å². The lowest BCUT2D eigenvalue weighted by molar-refractivity contribution is -0.243. The Morgan fingerprint density at radius 3 is 2.57 bits per heavy atom. The summed E-state index contributed by atoms with van der Waals surface area (Å²) in [6.45, 7) is 0. The quantitative estimate of drug-likeness (QED) is 0.562. The van der Waals surface area contributed by atoms with Gasteiger partial charge in [-0.2, -0.15) is 13.2 Å². The lowest BCUT2D eigenvalue weighted by atomic mass is 10.3. The van der Waals surface area contributed by atoms with Gasteiger partial charge in [0.1, 0.15) is 0 Å². The molecule has 0 N–H and O–H groups in total. The van der Waals surface area contributed by atoms with Crippen LogP contribution < -0.4 is 5.11 Å². The molecule has 76 valence electrons. The Hall–Kier alpha value is -1.30. The SMILES string of the molecule is O=C(/C=C(\[O-])c1cccs1)C(F)(F)F. The molecule has 0 aliphatic carbocycles. The molecule has 0 amide bonds. The molecule has 0 aliphatic heterocycles. The highest BCUT2D eigenvalue weighted by Crippen LogP contribution is 2.20. The maximum atomic E-state index is 11.7. The Bertz CT molecular complexity index is 351. The number of hydrogen-bond donors (Lipinski definition) is 0. The van der Waals surface area contributed by atoms with Crippen molar-refractivity contribution in [3.05, 3.63) is 28.5 Å². The summed E-state index contributed by atoms with van der Waals surface area (Å²) in [5.74, 6) is -3.04. The van der Waals surface area contributed by atoms with Crippen LogP contribution >= 0.6 is 11.3 Å². The Kier molecular flexibility index (Phi) is 2.95. The van der Waals surface area contributed by atoms with Crippen molar-refractivity contribution in [2.45, 2.75) is 6.18 Å². The topological polar surface area (TPSA) is 40.1 Å². The number of hydrogen-bond acceptors (Lipinski definition) is 3. The molecule has 0 aliphatic rings. The van der Waals surface area contributed by atoms with E-state index in [1.54, 1.807) is 5.38 Å². The van der Waals surface area contributed by atoms with Crippen LogP contribution in [0.5, 0.6) is 0 Å². The van der Waals surface area contributed by atoms with E-state index in [1.807, 2.05) is 0 Å². The summed E-state index contributed by atoms with van der Waals surface area (Å²) in [6, 6.07) is 2.87. The minimum atomic E-state index is -4.98. The third-order valence-electron chi connectivity index (χ3n) is 1.31. The van der Waals surface area contributed by atoms with Gasteiger partial charge < -0.3 is 5.11 Å². The van der Waals surface area contributed by atoms with Gasteiger partial charge in [-0.15, -0.1) is 11.3 Å². The molecule has 0 bridgehead atoms. The molecule has 1 heterocycles. The molecule has 2 nitrogen and oxygen atoms in total. The smallest absolute Gasteiger partial charge is 0.454 e. The van der Waals surface area contributed by atoms with Gasteiger partial charge >= 0.3 is 6.18 Å².